The summed E-state index contributed by atoms with van der Waals surface area (Å²) in [4.78, 5) is 15.9. The molecule has 3 aromatic carbocycles. The Hall–Kier alpha value is -4.59. The van der Waals surface area contributed by atoms with Crippen LogP contribution in [0.15, 0.2) is 63.9 Å². The molecule has 3 heterocycles. The van der Waals surface area contributed by atoms with E-state index in [1.165, 1.54) is 0 Å². The maximum atomic E-state index is 13.9. The number of fused-ring (bicyclic) bond motifs is 7. The van der Waals surface area contributed by atoms with E-state index in [0.717, 1.165) is 33.4 Å². The zero-order valence-corrected chi connectivity index (χ0v) is 26.5. The first-order chi connectivity index (χ1) is 21.1. The molecule has 6 rings (SSSR count). The van der Waals surface area contributed by atoms with Crippen LogP contribution in [0.25, 0.3) is 17.0 Å². The van der Waals surface area contributed by atoms with E-state index in [0.29, 0.717) is 34.3 Å². The maximum absolute atomic E-state index is 13.9. The normalized spacial score (nSPS) is 16.8. The lowest BCUT2D eigenvalue weighted by Gasteiger charge is -2.33. The molecule has 4 aromatic rings. The predicted molar refractivity (Wildman–Crippen MR) is 172 cm³/mol. The Kier molecular flexibility index (Phi) is 7.70. The number of rotatable bonds is 9. The minimum absolute atomic E-state index is 0.0170. The van der Waals surface area contributed by atoms with E-state index in [1.54, 1.807) is 20.3 Å². The summed E-state index contributed by atoms with van der Waals surface area (Å²) in [7, 11) is 3.25. The van der Waals surface area contributed by atoms with Gasteiger partial charge in [0.15, 0.2) is 23.0 Å². The fourth-order valence-corrected chi connectivity index (χ4v) is 6.29. The molecule has 2 aliphatic heterocycles. The van der Waals surface area contributed by atoms with Crippen LogP contribution in [0.1, 0.15) is 75.8 Å². The van der Waals surface area contributed by atoms with Gasteiger partial charge in [0.05, 0.1) is 38.6 Å². The largest absolute Gasteiger partial charge is 0.493 e. The van der Waals surface area contributed by atoms with Gasteiger partial charge in [-0.3, -0.25) is 0 Å². The van der Waals surface area contributed by atoms with Crippen molar-refractivity contribution in [1.29, 1.82) is 0 Å². The summed E-state index contributed by atoms with van der Waals surface area (Å²) < 4.78 is 35.8. The van der Waals surface area contributed by atoms with E-state index in [1.807, 2.05) is 83.0 Å². The van der Waals surface area contributed by atoms with Gasteiger partial charge in [-0.1, -0.05) is 12.1 Å². The number of methoxy groups -OCH3 is 2. The van der Waals surface area contributed by atoms with Gasteiger partial charge in [0.25, 0.3) is 0 Å². The lowest BCUT2D eigenvalue weighted by molar-refractivity contribution is 0.230. The molecule has 2 aliphatic rings. The molecule has 0 bridgehead atoms. The highest BCUT2D eigenvalue weighted by atomic mass is 16.5. The molecule has 1 aromatic heterocycles. The van der Waals surface area contributed by atoms with Crippen LogP contribution < -0.4 is 34.2 Å². The Morgan fingerprint density at radius 1 is 0.750 bits per heavy atom. The molecule has 0 N–H and O–H groups in total. The third kappa shape index (κ3) is 5.12. The number of anilines is 1. The van der Waals surface area contributed by atoms with Crippen LogP contribution >= 0.6 is 0 Å². The Morgan fingerprint density at radius 3 is 2.11 bits per heavy atom. The third-order valence-electron chi connectivity index (χ3n) is 7.83. The highest BCUT2D eigenvalue weighted by Gasteiger charge is 2.46. The van der Waals surface area contributed by atoms with Crippen LogP contribution in [0.3, 0.4) is 0 Å². The summed E-state index contributed by atoms with van der Waals surface area (Å²) in [6.45, 7) is 11.9. The molecule has 2 atom stereocenters. The standard InChI is InChI=1S/C36H39NO7/c1-19(2)41-24-11-9-22-13-14-37-34(25(22)16-24)32(23-10-12-27(42-20(3)4)29(15-23)39-7)33-26-17-30(40-8)31(43-21(5)6)18-28(26)44-36(38)35(33)37/h9-21,32,34H,1-8H3. The van der Waals surface area contributed by atoms with Gasteiger partial charge < -0.3 is 33.0 Å². The SMILES string of the molecule is COc1cc(C2c3c(c(=O)oc4cc(OC(C)C)c(OC)cc34)N3C=Cc4ccc(OC(C)C)cc4C23)ccc1OC(C)C. The smallest absolute Gasteiger partial charge is 0.360 e. The molecule has 0 amide bonds. The van der Waals surface area contributed by atoms with Crippen molar-refractivity contribution in [3.63, 3.8) is 0 Å². The molecule has 0 saturated carbocycles. The molecule has 0 spiro atoms. The quantitative estimate of drug-likeness (QED) is 0.181. The van der Waals surface area contributed by atoms with E-state index in [9.17, 15) is 4.79 Å². The number of benzene rings is 3. The average molecular weight is 598 g/mol. The van der Waals surface area contributed by atoms with Gasteiger partial charge in [-0.2, -0.15) is 0 Å². The number of hydrogen-bond donors (Lipinski definition) is 0. The molecule has 2 unspecified atom stereocenters. The maximum Gasteiger partial charge on any atom is 0.360 e. The highest BCUT2D eigenvalue weighted by Crippen LogP contribution is 2.57. The second-order valence-corrected chi connectivity index (χ2v) is 12.0. The molecular weight excluding hydrogens is 558 g/mol. The minimum Gasteiger partial charge on any atom is -0.493 e. The van der Waals surface area contributed by atoms with Crippen molar-refractivity contribution in [2.45, 2.75) is 71.8 Å². The van der Waals surface area contributed by atoms with Gasteiger partial charge in [-0.15, -0.1) is 0 Å². The number of hydrogen-bond acceptors (Lipinski definition) is 8. The van der Waals surface area contributed by atoms with Gasteiger partial charge in [0.2, 0.25) is 0 Å². The van der Waals surface area contributed by atoms with Crippen LogP contribution in [0.2, 0.25) is 0 Å². The first kappa shape index (κ1) is 29.5. The third-order valence-corrected chi connectivity index (χ3v) is 7.83. The molecular formula is C36H39NO7. The van der Waals surface area contributed by atoms with Crippen molar-refractivity contribution in [3.8, 4) is 28.7 Å². The average Bonchev–Trinajstić information content (AvgIpc) is 3.33. The van der Waals surface area contributed by atoms with Crippen molar-refractivity contribution in [2.75, 3.05) is 19.1 Å². The molecule has 0 aliphatic carbocycles. The summed E-state index contributed by atoms with van der Waals surface area (Å²) in [5.41, 5.74) is 4.43. The summed E-state index contributed by atoms with van der Waals surface area (Å²) in [5, 5.41) is 0.776. The first-order valence-electron chi connectivity index (χ1n) is 15.1. The van der Waals surface area contributed by atoms with Crippen LogP contribution in [0.5, 0.6) is 28.7 Å². The number of nitrogens with zero attached hydrogens (tertiary/aromatic N) is 1. The summed E-state index contributed by atoms with van der Waals surface area (Å²) in [6, 6.07) is 15.6. The Labute approximate surface area is 257 Å². The molecule has 44 heavy (non-hydrogen) atoms. The molecule has 0 saturated heterocycles. The van der Waals surface area contributed by atoms with E-state index in [4.69, 9.17) is 28.1 Å². The summed E-state index contributed by atoms with van der Waals surface area (Å²) >= 11 is 0. The minimum atomic E-state index is -0.421. The lowest BCUT2D eigenvalue weighted by atomic mass is 9.81. The molecule has 8 heteroatoms. The van der Waals surface area contributed by atoms with E-state index < -0.39 is 5.63 Å². The van der Waals surface area contributed by atoms with Crippen LogP contribution in [0.4, 0.5) is 5.69 Å². The van der Waals surface area contributed by atoms with Crippen LogP contribution in [0, 0.1) is 0 Å². The van der Waals surface area contributed by atoms with Crippen LogP contribution in [-0.2, 0) is 0 Å². The molecule has 230 valence electrons. The number of ether oxygens (including phenoxy) is 5. The topological polar surface area (TPSA) is 79.6 Å². The molecule has 8 nitrogen and oxygen atoms in total. The van der Waals surface area contributed by atoms with E-state index >= 15 is 0 Å². The zero-order valence-electron chi connectivity index (χ0n) is 26.5. The molecule has 0 fully saturated rings. The predicted octanol–water partition coefficient (Wildman–Crippen LogP) is 7.85. The monoisotopic (exact) mass is 597 g/mol. The van der Waals surface area contributed by atoms with E-state index in [-0.39, 0.29) is 30.3 Å². The second-order valence-electron chi connectivity index (χ2n) is 12.0. The van der Waals surface area contributed by atoms with Crippen molar-refractivity contribution in [1.82, 2.24) is 0 Å². The first-order valence-corrected chi connectivity index (χ1v) is 15.1. The fourth-order valence-electron chi connectivity index (χ4n) is 6.29. The van der Waals surface area contributed by atoms with Crippen molar-refractivity contribution < 1.29 is 28.1 Å². The van der Waals surface area contributed by atoms with Gasteiger partial charge in [-0.05, 0) is 94.6 Å². The second kappa shape index (κ2) is 11.5. The Morgan fingerprint density at radius 2 is 1.43 bits per heavy atom. The van der Waals surface area contributed by atoms with Gasteiger partial charge in [0.1, 0.15) is 17.0 Å². The molecule has 0 radical (unpaired) electrons. The van der Waals surface area contributed by atoms with Gasteiger partial charge in [-0.25, -0.2) is 4.79 Å². The van der Waals surface area contributed by atoms with Crippen molar-refractivity contribution in [2.24, 2.45) is 0 Å². The summed E-state index contributed by atoms with van der Waals surface area (Å²) in [5.74, 6) is 2.86. The van der Waals surface area contributed by atoms with Gasteiger partial charge >= 0.3 is 5.63 Å². The van der Waals surface area contributed by atoms with E-state index in [2.05, 4.69) is 18.2 Å². The lowest BCUT2D eigenvalue weighted by Crippen LogP contribution is -2.27. The fraction of sp³-hybridized carbons (Fsp3) is 0.361. The zero-order chi connectivity index (χ0) is 31.3. The van der Waals surface area contributed by atoms with Crippen molar-refractivity contribution in [3.05, 3.63) is 87.4 Å². The van der Waals surface area contributed by atoms with Crippen LogP contribution in [-0.4, -0.2) is 32.5 Å². The highest BCUT2D eigenvalue weighted by molar-refractivity contribution is 5.92. The Balaban J connectivity index is 1.64. The van der Waals surface area contributed by atoms with Crippen molar-refractivity contribution >= 4 is 22.7 Å². The summed E-state index contributed by atoms with van der Waals surface area (Å²) in [6.07, 6.45) is 3.91. The van der Waals surface area contributed by atoms with Gasteiger partial charge in [0, 0.05) is 29.1 Å². The Bertz CT molecular complexity index is 1800.